The van der Waals surface area contributed by atoms with Crippen LogP contribution in [0.5, 0.6) is 0 Å². The van der Waals surface area contributed by atoms with Crippen molar-refractivity contribution in [2.24, 2.45) is 0 Å². The Morgan fingerprint density at radius 3 is 2.80 bits per heavy atom. The maximum atomic E-state index is 13.2. The maximum absolute atomic E-state index is 13.2. The molecular weight excluding hydrogens is 508 g/mol. The van der Waals surface area contributed by atoms with Crippen molar-refractivity contribution in [3.8, 4) is 16.8 Å². The third-order valence-electron chi connectivity index (χ3n) is 7.11. The van der Waals surface area contributed by atoms with Gasteiger partial charge in [0.05, 0.1) is 47.2 Å². The van der Waals surface area contributed by atoms with Crippen LogP contribution in [0.15, 0.2) is 67.5 Å². The first-order valence-corrected chi connectivity index (χ1v) is 13.1. The van der Waals surface area contributed by atoms with Crippen LogP contribution in [0.3, 0.4) is 0 Å². The van der Waals surface area contributed by atoms with E-state index in [0.717, 1.165) is 36.2 Å². The van der Waals surface area contributed by atoms with Gasteiger partial charge in [-0.1, -0.05) is 11.3 Å². The Kier molecular flexibility index (Phi) is 6.74. The maximum Gasteiger partial charge on any atom is 0.278 e. The largest absolute Gasteiger partial charge is 0.324 e. The molecule has 0 aromatic carbocycles. The summed E-state index contributed by atoms with van der Waals surface area (Å²) in [5.74, 6) is -0.536. The number of amides is 2. The number of hydrogen-bond donors (Lipinski definition) is 2. The molecule has 1 aliphatic heterocycles. The minimum Gasteiger partial charge on any atom is -0.324 e. The average Bonchev–Trinajstić information content (AvgIpc) is 3.72. The third-order valence-corrected chi connectivity index (χ3v) is 7.11. The van der Waals surface area contributed by atoms with Crippen molar-refractivity contribution in [2.45, 2.75) is 32.7 Å². The van der Waals surface area contributed by atoms with Gasteiger partial charge in [0, 0.05) is 42.0 Å². The summed E-state index contributed by atoms with van der Waals surface area (Å²) < 4.78 is 3.30. The molecule has 1 aliphatic rings. The smallest absolute Gasteiger partial charge is 0.278 e. The first-order valence-electron chi connectivity index (χ1n) is 13.1. The van der Waals surface area contributed by atoms with Gasteiger partial charge in [0.2, 0.25) is 5.91 Å². The van der Waals surface area contributed by atoms with E-state index in [4.69, 9.17) is 0 Å². The summed E-state index contributed by atoms with van der Waals surface area (Å²) in [5.41, 5.74) is 4.89. The van der Waals surface area contributed by atoms with E-state index < -0.39 is 5.91 Å². The van der Waals surface area contributed by atoms with Gasteiger partial charge >= 0.3 is 0 Å². The van der Waals surface area contributed by atoms with Crippen LogP contribution in [0.2, 0.25) is 0 Å². The zero-order valence-corrected chi connectivity index (χ0v) is 22.2. The summed E-state index contributed by atoms with van der Waals surface area (Å²) in [6, 6.07) is 9.61. The summed E-state index contributed by atoms with van der Waals surface area (Å²) in [5, 5.41) is 18.3. The van der Waals surface area contributed by atoms with Crippen LogP contribution in [-0.2, 0) is 4.79 Å². The first kappa shape index (κ1) is 25.3. The molecule has 5 aromatic rings. The average molecular weight is 537 g/mol. The summed E-state index contributed by atoms with van der Waals surface area (Å²) in [6.45, 7) is 5.17. The molecule has 12 nitrogen and oxygen atoms in total. The molecule has 0 bridgehead atoms. The van der Waals surface area contributed by atoms with Gasteiger partial charge < -0.3 is 10.6 Å². The standard InChI is InChI=1S/C28H28N10O2/c1-18-5-3-9-36(18)17-26(39)32-22-12-24(19(2)30-14-22)33-28(40)27-25-7-6-20(16-38(25)35-34-27)21-11-23(15-29-13-21)37-10-4-8-31-37/h4,6-8,10-16,18H,3,5,9,17H2,1-2H3,(H,32,39)(H,33,40)/t18-/m0/s1. The number of carbonyl (C=O) groups excluding carboxylic acids is 2. The SMILES string of the molecule is Cc1ncc(NC(=O)CN2CCC[C@@H]2C)cc1NC(=O)c1nnn2cc(-c3cncc(-n4cccn4)c3)ccc12. The molecule has 0 aliphatic carbocycles. The van der Waals surface area contributed by atoms with Crippen molar-refractivity contribution in [2.75, 3.05) is 23.7 Å². The van der Waals surface area contributed by atoms with E-state index in [2.05, 4.69) is 47.8 Å². The highest BCUT2D eigenvalue weighted by atomic mass is 16.2. The Morgan fingerprint density at radius 2 is 2.00 bits per heavy atom. The van der Waals surface area contributed by atoms with Gasteiger partial charge in [0.1, 0.15) is 0 Å². The molecule has 12 heteroatoms. The molecule has 1 atom stereocenters. The number of aromatic nitrogens is 7. The van der Waals surface area contributed by atoms with Gasteiger partial charge in [-0.05, 0) is 57.5 Å². The summed E-state index contributed by atoms with van der Waals surface area (Å²) in [4.78, 5) is 36.6. The van der Waals surface area contributed by atoms with E-state index in [1.165, 1.54) is 0 Å². The number of carbonyl (C=O) groups is 2. The summed E-state index contributed by atoms with van der Waals surface area (Å²) in [6.07, 6.45) is 12.6. The molecule has 1 fully saturated rings. The number of fused-ring (bicyclic) bond motifs is 1. The number of nitrogens with zero attached hydrogens (tertiary/aromatic N) is 8. The predicted octanol–water partition coefficient (Wildman–Crippen LogP) is 3.36. The Morgan fingerprint density at radius 1 is 1.10 bits per heavy atom. The van der Waals surface area contributed by atoms with E-state index in [-0.39, 0.29) is 11.6 Å². The molecule has 202 valence electrons. The van der Waals surface area contributed by atoms with Crippen molar-refractivity contribution >= 4 is 28.7 Å². The lowest BCUT2D eigenvalue weighted by molar-refractivity contribution is -0.117. The fraction of sp³-hybridized carbons (Fsp3) is 0.250. The molecule has 2 N–H and O–H groups in total. The van der Waals surface area contributed by atoms with Crippen molar-refractivity contribution in [3.63, 3.8) is 0 Å². The topological polar surface area (TPSA) is 135 Å². The second-order valence-electron chi connectivity index (χ2n) is 9.89. The highest BCUT2D eigenvalue weighted by Gasteiger charge is 2.23. The molecule has 1 saturated heterocycles. The van der Waals surface area contributed by atoms with Crippen molar-refractivity contribution < 1.29 is 9.59 Å². The van der Waals surface area contributed by atoms with Crippen LogP contribution < -0.4 is 10.6 Å². The van der Waals surface area contributed by atoms with Gasteiger partial charge in [-0.15, -0.1) is 5.10 Å². The van der Waals surface area contributed by atoms with Gasteiger partial charge in [-0.25, -0.2) is 9.20 Å². The lowest BCUT2D eigenvalue weighted by atomic mass is 10.1. The van der Waals surface area contributed by atoms with Crippen molar-refractivity contribution in [3.05, 3.63) is 78.9 Å². The molecule has 0 saturated carbocycles. The van der Waals surface area contributed by atoms with E-state index in [0.29, 0.717) is 35.2 Å². The fourth-order valence-electron chi connectivity index (χ4n) is 4.88. The van der Waals surface area contributed by atoms with Crippen LogP contribution >= 0.6 is 0 Å². The molecule has 6 rings (SSSR count). The lowest BCUT2D eigenvalue weighted by Crippen LogP contribution is -2.35. The highest BCUT2D eigenvalue weighted by Crippen LogP contribution is 2.24. The number of aryl methyl sites for hydroxylation is 1. The van der Waals surface area contributed by atoms with Crippen LogP contribution in [0.25, 0.3) is 22.3 Å². The van der Waals surface area contributed by atoms with E-state index in [1.807, 2.05) is 24.4 Å². The molecule has 0 spiro atoms. The van der Waals surface area contributed by atoms with Gasteiger partial charge in [0.25, 0.3) is 5.91 Å². The van der Waals surface area contributed by atoms with E-state index in [9.17, 15) is 9.59 Å². The quantitative estimate of drug-likeness (QED) is 0.323. The Hall–Kier alpha value is -4.97. The predicted molar refractivity (Wildman–Crippen MR) is 149 cm³/mol. The fourth-order valence-corrected chi connectivity index (χ4v) is 4.88. The van der Waals surface area contributed by atoms with E-state index >= 15 is 0 Å². The second-order valence-corrected chi connectivity index (χ2v) is 9.89. The Bertz CT molecular complexity index is 1690. The zero-order valence-electron chi connectivity index (χ0n) is 22.2. The molecule has 0 unspecified atom stereocenters. The molecule has 40 heavy (non-hydrogen) atoms. The number of pyridine rings is 3. The van der Waals surface area contributed by atoms with Crippen LogP contribution in [-0.4, -0.2) is 70.4 Å². The lowest BCUT2D eigenvalue weighted by Gasteiger charge is -2.20. The van der Waals surface area contributed by atoms with Gasteiger partial charge in [0.15, 0.2) is 5.69 Å². The minimum absolute atomic E-state index is 0.109. The van der Waals surface area contributed by atoms with Crippen LogP contribution in [0, 0.1) is 6.92 Å². The number of anilines is 2. The van der Waals surface area contributed by atoms with Gasteiger partial charge in [-0.3, -0.25) is 24.5 Å². The molecular formula is C28H28N10O2. The monoisotopic (exact) mass is 536 g/mol. The number of likely N-dealkylation sites (tertiary alicyclic amines) is 1. The summed E-state index contributed by atoms with van der Waals surface area (Å²) >= 11 is 0. The molecule has 5 aromatic heterocycles. The van der Waals surface area contributed by atoms with Crippen molar-refractivity contribution in [1.29, 1.82) is 0 Å². The number of nitrogens with one attached hydrogen (secondary N) is 2. The van der Waals surface area contributed by atoms with E-state index in [1.54, 1.807) is 59.2 Å². The van der Waals surface area contributed by atoms with Gasteiger partial charge in [-0.2, -0.15) is 5.10 Å². The number of hydrogen-bond acceptors (Lipinski definition) is 8. The van der Waals surface area contributed by atoms with Crippen LogP contribution in [0.4, 0.5) is 11.4 Å². The second kappa shape index (κ2) is 10.7. The molecule has 2 amide bonds. The minimum atomic E-state index is -0.427. The number of rotatable bonds is 7. The van der Waals surface area contributed by atoms with Crippen molar-refractivity contribution in [1.82, 2.24) is 39.5 Å². The Balaban J connectivity index is 1.18. The summed E-state index contributed by atoms with van der Waals surface area (Å²) in [7, 11) is 0. The molecule has 6 heterocycles. The molecule has 0 radical (unpaired) electrons. The normalized spacial score (nSPS) is 15.4. The third kappa shape index (κ3) is 5.16. The zero-order chi connectivity index (χ0) is 27.6. The van der Waals surface area contributed by atoms with Crippen LogP contribution in [0.1, 0.15) is 35.9 Å². The first-order chi connectivity index (χ1) is 19.4. The Labute approximate surface area is 230 Å². The highest BCUT2D eigenvalue weighted by molar-refractivity contribution is 6.08.